The van der Waals surface area contributed by atoms with Gasteiger partial charge in [0, 0.05) is 6.54 Å². The summed E-state index contributed by atoms with van der Waals surface area (Å²) in [6.45, 7) is 2.86. The third kappa shape index (κ3) is 4.08. The topological polar surface area (TPSA) is 24.9 Å². The molecule has 0 amide bonds. The van der Waals surface area contributed by atoms with Gasteiger partial charge in [0.05, 0.1) is 11.9 Å². The standard InChI is InChI=1S/C11H15F3N2/c1-2-3-4-7-15-9-5-6-10(16-8-9)11(12,13)14/h5-6,8,15H,2-4,7H2,1H3. The average molecular weight is 232 g/mol. The maximum Gasteiger partial charge on any atom is 0.433 e. The van der Waals surface area contributed by atoms with E-state index in [1.165, 1.54) is 12.3 Å². The summed E-state index contributed by atoms with van der Waals surface area (Å²) in [5, 5.41) is 3.03. The highest BCUT2D eigenvalue weighted by Crippen LogP contribution is 2.27. The first-order valence-corrected chi connectivity index (χ1v) is 5.31. The van der Waals surface area contributed by atoms with Crippen LogP contribution in [-0.2, 0) is 6.18 Å². The van der Waals surface area contributed by atoms with Crippen molar-refractivity contribution in [2.45, 2.75) is 32.4 Å². The van der Waals surface area contributed by atoms with Crippen LogP contribution < -0.4 is 5.32 Å². The van der Waals surface area contributed by atoms with Gasteiger partial charge in [-0.05, 0) is 18.6 Å². The Balaban J connectivity index is 2.46. The Morgan fingerprint density at radius 2 is 2.00 bits per heavy atom. The lowest BCUT2D eigenvalue weighted by molar-refractivity contribution is -0.141. The minimum absolute atomic E-state index is 0.629. The van der Waals surface area contributed by atoms with Gasteiger partial charge in [0.1, 0.15) is 5.69 Å². The molecule has 0 bridgehead atoms. The van der Waals surface area contributed by atoms with E-state index in [4.69, 9.17) is 0 Å². The summed E-state index contributed by atoms with van der Waals surface area (Å²) in [6, 6.07) is 2.39. The minimum Gasteiger partial charge on any atom is -0.384 e. The molecule has 5 heteroatoms. The monoisotopic (exact) mass is 232 g/mol. The summed E-state index contributed by atoms with van der Waals surface area (Å²) in [5.74, 6) is 0. The molecule has 0 fully saturated rings. The fourth-order valence-corrected chi connectivity index (χ4v) is 1.27. The van der Waals surface area contributed by atoms with Gasteiger partial charge in [-0.25, -0.2) is 4.98 Å². The molecule has 16 heavy (non-hydrogen) atoms. The lowest BCUT2D eigenvalue weighted by Gasteiger charge is -2.08. The van der Waals surface area contributed by atoms with Gasteiger partial charge in [-0.2, -0.15) is 13.2 Å². The quantitative estimate of drug-likeness (QED) is 0.783. The lowest BCUT2D eigenvalue weighted by Crippen LogP contribution is -2.08. The van der Waals surface area contributed by atoms with Gasteiger partial charge < -0.3 is 5.32 Å². The molecule has 0 aliphatic heterocycles. The predicted molar refractivity (Wildman–Crippen MR) is 57.3 cm³/mol. The van der Waals surface area contributed by atoms with Gasteiger partial charge in [0.25, 0.3) is 0 Å². The maximum absolute atomic E-state index is 12.2. The van der Waals surface area contributed by atoms with E-state index in [-0.39, 0.29) is 0 Å². The van der Waals surface area contributed by atoms with Crippen LogP contribution in [0.4, 0.5) is 18.9 Å². The Bertz CT molecular complexity index is 306. The number of unbranched alkanes of at least 4 members (excludes halogenated alkanes) is 2. The van der Waals surface area contributed by atoms with E-state index in [9.17, 15) is 13.2 Å². The minimum atomic E-state index is -4.36. The van der Waals surface area contributed by atoms with E-state index in [2.05, 4.69) is 17.2 Å². The zero-order chi connectivity index (χ0) is 12.0. The van der Waals surface area contributed by atoms with Crippen LogP contribution >= 0.6 is 0 Å². The van der Waals surface area contributed by atoms with Gasteiger partial charge in [0.15, 0.2) is 0 Å². The smallest absolute Gasteiger partial charge is 0.384 e. The van der Waals surface area contributed by atoms with Crippen LogP contribution in [0.3, 0.4) is 0 Å². The summed E-state index contributed by atoms with van der Waals surface area (Å²) < 4.78 is 36.6. The second-order valence-electron chi connectivity index (χ2n) is 3.56. The van der Waals surface area contributed by atoms with Crippen molar-refractivity contribution >= 4 is 5.69 Å². The summed E-state index contributed by atoms with van der Waals surface area (Å²) in [4.78, 5) is 3.36. The number of anilines is 1. The average Bonchev–Trinajstić information content (AvgIpc) is 2.24. The molecule has 90 valence electrons. The van der Waals surface area contributed by atoms with E-state index < -0.39 is 11.9 Å². The van der Waals surface area contributed by atoms with Crippen molar-refractivity contribution in [3.05, 3.63) is 24.0 Å². The third-order valence-electron chi connectivity index (χ3n) is 2.16. The summed E-state index contributed by atoms with van der Waals surface area (Å²) in [7, 11) is 0. The molecule has 0 aliphatic rings. The fraction of sp³-hybridized carbons (Fsp3) is 0.545. The van der Waals surface area contributed by atoms with Crippen LogP contribution in [0.1, 0.15) is 31.9 Å². The van der Waals surface area contributed by atoms with Crippen molar-refractivity contribution in [2.24, 2.45) is 0 Å². The van der Waals surface area contributed by atoms with Gasteiger partial charge in [-0.15, -0.1) is 0 Å². The molecule has 0 aliphatic carbocycles. The molecule has 1 aromatic rings. The highest BCUT2D eigenvalue weighted by Gasteiger charge is 2.31. The number of alkyl halides is 3. The molecule has 1 aromatic heterocycles. The predicted octanol–water partition coefficient (Wildman–Crippen LogP) is 3.70. The van der Waals surface area contributed by atoms with Crippen molar-refractivity contribution < 1.29 is 13.2 Å². The Morgan fingerprint density at radius 1 is 1.25 bits per heavy atom. The largest absolute Gasteiger partial charge is 0.433 e. The van der Waals surface area contributed by atoms with E-state index in [1.54, 1.807) is 0 Å². The van der Waals surface area contributed by atoms with Crippen LogP contribution in [0.15, 0.2) is 18.3 Å². The molecule has 0 spiro atoms. The zero-order valence-corrected chi connectivity index (χ0v) is 9.14. The first kappa shape index (κ1) is 12.8. The SMILES string of the molecule is CCCCCNc1ccc(C(F)(F)F)nc1. The highest BCUT2D eigenvalue weighted by atomic mass is 19.4. The Morgan fingerprint density at radius 3 is 2.50 bits per heavy atom. The Kier molecular flexibility index (Phi) is 4.58. The van der Waals surface area contributed by atoms with E-state index >= 15 is 0 Å². The molecule has 0 saturated carbocycles. The van der Waals surface area contributed by atoms with E-state index in [0.717, 1.165) is 31.9 Å². The molecular formula is C11H15F3N2. The summed E-state index contributed by atoms with van der Waals surface area (Å²) in [6.07, 6.45) is 0.0983. The van der Waals surface area contributed by atoms with Gasteiger partial charge in [-0.1, -0.05) is 19.8 Å². The maximum atomic E-state index is 12.2. The van der Waals surface area contributed by atoms with Gasteiger partial charge >= 0.3 is 6.18 Å². The normalized spacial score (nSPS) is 11.5. The Labute approximate surface area is 92.9 Å². The first-order valence-electron chi connectivity index (χ1n) is 5.31. The van der Waals surface area contributed by atoms with Crippen molar-refractivity contribution in [3.63, 3.8) is 0 Å². The second kappa shape index (κ2) is 5.72. The molecule has 1 N–H and O–H groups in total. The molecule has 2 nitrogen and oxygen atoms in total. The molecule has 0 unspecified atom stereocenters. The molecule has 1 heterocycles. The fourth-order valence-electron chi connectivity index (χ4n) is 1.27. The molecule has 0 saturated heterocycles. The Hall–Kier alpha value is -1.26. The van der Waals surface area contributed by atoms with Crippen molar-refractivity contribution in [1.29, 1.82) is 0 Å². The summed E-state index contributed by atoms with van der Waals surface area (Å²) in [5.41, 5.74) is -0.226. The van der Waals surface area contributed by atoms with Crippen LogP contribution in [-0.4, -0.2) is 11.5 Å². The number of hydrogen-bond donors (Lipinski definition) is 1. The number of nitrogens with one attached hydrogen (secondary N) is 1. The van der Waals surface area contributed by atoms with Crippen molar-refractivity contribution in [2.75, 3.05) is 11.9 Å². The second-order valence-corrected chi connectivity index (χ2v) is 3.56. The van der Waals surface area contributed by atoms with Crippen molar-refractivity contribution in [1.82, 2.24) is 4.98 Å². The van der Waals surface area contributed by atoms with Crippen LogP contribution in [0.2, 0.25) is 0 Å². The molecule has 0 radical (unpaired) electrons. The molecule has 1 rings (SSSR count). The number of halogens is 3. The zero-order valence-electron chi connectivity index (χ0n) is 9.14. The number of aromatic nitrogens is 1. The summed E-state index contributed by atoms with van der Waals surface area (Å²) >= 11 is 0. The number of hydrogen-bond acceptors (Lipinski definition) is 2. The van der Waals surface area contributed by atoms with Gasteiger partial charge in [-0.3, -0.25) is 0 Å². The van der Waals surface area contributed by atoms with Gasteiger partial charge in [0.2, 0.25) is 0 Å². The lowest BCUT2D eigenvalue weighted by atomic mass is 10.2. The highest BCUT2D eigenvalue weighted by molar-refractivity contribution is 5.41. The van der Waals surface area contributed by atoms with Crippen LogP contribution in [0, 0.1) is 0 Å². The number of rotatable bonds is 5. The van der Waals surface area contributed by atoms with Crippen molar-refractivity contribution in [3.8, 4) is 0 Å². The molecule has 0 aromatic carbocycles. The van der Waals surface area contributed by atoms with E-state index in [1.807, 2.05) is 0 Å². The number of pyridine rings is 1. The first-order chi connectivity index (χ1) is 7.54. The molecular weight excluding hydrogens is 217 g/mol. The number of nitrogens with zero attached hydrogens (tertiary/aromatic N) is 1. The van der Waals surface area contributed by atoms with Crippen LogP contribution in [0.5, 0.6) is 0 Å². The van der Waals surface area contributed by atoms with E-state index in [0.29, 0.717) is 5.69 Å². The third-order valence-corrected chi connectivity index (χ3v) is 2.16. The molecule has 0 atom stereocenters. The van der Waals surface area contributed by atoms with Crippen LogP contribution in [0.25, 0.3) is 0 Å².